The van der Waals surface area contributed by atoms with Gasteiger partial charge in [0.15, 0.2) is 0 Å². The zero-order valence-corrected chi connectivity index (χ0v) is 16.4. The average Bonchev–Trinajstić information content (AvgIpc) is 2.57. The van der Waals surface area contributed by atoms with Gasteiger partial charge in [-0.15, -0.1) is 0 Å². The van der Waals surface area contributed by atoms with Gasteiger partial charge in [0.1, 0.15) is 0 Å². The minimum Gasteiger partial charge on any atom is -0.326 e. The van der Waals surface area contributed by atoms with E-state index in [4.69, 9.17) is 28.3 Å². The molecule has 0 saturated heterocycles. The molecule has 0 unspecified atom stereocenters. The number of primary sulfonamides is 1. The van der Waals surface area contributed by atoms with Crippen molar-refractivity contribution in [3.63, 3.8) is 0 Å². The largest absolute Gasteiger partial charge is 0.326 e. The van der Waals surface area contributed by atoms with Crippen molar-refractivity contribution < 1.29 is 13.2 Å². The summed E-state index contributed by atoms with van der Waals surface area (Å²) in [5, 5.41) is 8.76. The lowest BCUT2D eigenvalue weighted by Crippen LogP contribution is -2.24. The van der Waals surface area contributed by atoms with E-state index in [1.165, 1.54) is 24.3 Å². The van der Waals surface area contributed by atoms with Crippen molar-refractivity contribution in [3.05, 3.63) is 58.1 Å². The van der Waals surface area contributed by atoms with E-state index in [0.717, 1.165) is 5.56 Å². The van der Waals surface area contributed by atoms with E-state index in [1.807, 2.05) is 24.1 Å². The van der Waals surface area contributed by atoms with Crippen LogP contribution >= 0.6 is 23.2 Å². The van der Waals surface area contributed by atoms with Gasteiger partial charge >= 0.3 is 0 Å². The number of hydrogen-bond donors (Lipinski definition) is 2. The summed E-state index contributed by atoms with van der Waals surface area (Å²) in [6.45, 7) is 1.08. The van der Waals surface area contributed by atoms with Crippen molar-refractivity contribution in [2.75, 3.05) is 18.9 Å². The van der Waals surface area contributed by atoms with Gasteiger partial charge in [-0.3, -0.25) is 4.79 Å². The molecule has 2 aromatic rings. The third-order valence-corrected chi connectivity index (χ3v) is 5.45. The molecular formula is C17H19Cl2N3O3S. The van der Waals surface area contributed by atoms with E-state index in [2.05, 4.69) is 5.32 Å². The topological polar surface area (TPSA) is 92.5 Å². The second-order valence-corrected chi connectivity index (χ2v) is 8.16. The summed E-state index contributed by atoms with van der Waals surface area (Å²) >= 11 is 12.2. The van der Waals surface area contributed by atoms with Crippen LogP contribution in [0.2, 0.25) is 10.0 Å². The van der Waals surface area contributed by atoms with E-state index < -0.39 is 10.0 Å². The number of nitrogens with one attached hydrogen (secondary N) is 1. The highest BCUT2D eigenvalue weighted by Gasteiger charge is 2.10. The second kappa shape index (κ2) is 8.83. The van der Waals surface area contributed by atoms with Gasteiger partial charge in [0.25, 0.3) is 0 Å². The molecule has 0 heterocycles. The normalized spacial score (nSPS) is 11.6. The number of carbonyl (C=O) groups excluding carboxylic acids is 1. The van der Waals surface area contributed by atoms with Crippen LogP contribution in [0.15, 0.2) is 47.4 Å². The molecule has 3 N–H and O–H groups in total. The number of sulfonamides is 1. The molecular weight excluding hydrogens is 397 g/mol. The first-order chi connectivity index (χ1) is 12.2. The molecule has 6 nitrogen and oxygen atoms in total. The zero-order chi connectivity index (χ0) is 19.3. The number of anilines is 1. The van der Waals surface area contributed by atoms with Crippen LogP contribution in [-0.2, 0) is 21.4 Å². The Hall–Kier alpha value is -1.64. The van der Waals surface area contributed by atoms with Crippen LogP contribution in [0.25, 0.3) is 0 Å². The lowest BCUT2D eigenvalue weighted by atomic mass is 10.2. The Kier molecular flexibility index (Phi) is 7.02. The molecule has 0 aromatic heterocycles. The number of nitrogens with zero attached hydrogens (tertiary/aromatic N) is 1. The average molecular weight is 416 g/mol. The van der Waals surface area contributed by atoms with Crippen LogP contribution in [0.4, 0.5) is 5.69 Å². The van der Waals surface area contributed by atoms with Gasteiger partial charge < -0.3 is 10.2 Å². The summed E-state index contributed by atoms with van der Waals surface area (Å²) < 4.78 is 22.4. The van der Waals surface area contributed by atoms with Crippen LogP contribution in [-0.4, -0.2) is 32.8 Å². The van der Waals surface area contributed by atoms with Crippen LogP contribution in [0, 0.1) is 0 Å². The Morgan fingerprint density at radius 2 is 1.81 bits per heavy atom. The van der Waals surface area contributed by atoms with Crippen molar-refractivity contribution in [1.29, 1.82) is 0 Å². The smallest absolute Gasteiger partial charge is 0.238 e. The van der Waals surface area contributed by atoms with Gasteiger partial charge in [0, 0.05) is 25.2 Å². The highest BCUT2D eigenvalue weighted by molar-refractivity contribution is 7.89. The van der Waals surface area contributed by atoms with Gasteiger partial charge in [-0.05, 0) is 42.9 Å². The zero-order valence-electron chi connectivity index (χ0n) is 14.1. The second-order valence-electron chi connectivity index (χ2n) is 5.82. The van der Waals surface area contributed by atoms with Gasteiger partial charge in [-0.1, -0.05) is 35.3 Å². The van der Waals surface area contributed by atoms with E-state index in [9.17, 15) is 13.2 Å². The Labute approximate surface area is 162 Å². The molecule has 0 saturated carbocycles. The molecule has 0 aliphatic carbocycles. The Bertz CT molecular complexity index is 887. The molecule has 140 valence electrons. The maximum atomic E-state index is 12.0. The fourth-order valence-electron chi connectivity index (χ4n) is 2.28. The number of halogens is 2. The van der Waals surface area contributed by atoms with Crippen molar-refractivity contribution in [3.8, 4) is 0 Å². The van der Waals surface area contributed by atoms with Crippen LogP contribution in [0.5, 0.6) is 0 Å². The first kappa shape index (κ1) is 20.7. The monoisotopic (exact) mass is 415 g/mol. The van der Waals surface area contributed by atoms with Crippen LogP contribution in [0.1, 0.15) is 12.0 Å². The van der Waals surface area contributed by atoms with E-state index in [0.29, 0.717) is 28.8 Å². The summed E-state index contributed by atoms with van der Waals surface area (Å²) in [5.74, 6) is -0.183. The summed E-state index contributed by atoms with van der Waals surface area (Å²) in [5.41, 5.74) is 1.39. The molecule has 0 aliphatic heterocycles. The number of benzene rings is 2. The highest BCUT2D eigenvalue weighted by atomic mass is 35.5. The Morgan fingerprint density at radius 3 is 2.42 bits per heavy atom. The number of rotatable bonds is 7. The molecule has 0 radical (unpaired) electrons. The number of nitrogens with two attached hydrogens (primary N) is 1. The lowest BCUT2D eigenvalue weighted by molar-refractivity contribution is -0.116. The van der Waals surface area contributed by atoms with E-state index in [1.54, 1.807) is 6.07 Å². The predicted octanol–water partition coefficient (Wildman–Crippen LogP) is 3.10. The van der Waals surface area contributed by atoms with Crippen molar-refractivity contribution in [2.45, 2.75) is 17.9 Å². The van der Waals surface area contributed by atoms with Crippen molar-refractivity contribution in [2.24, 2.45) is 5.14 Å². The standard InChI is InChI=1S/C17H19Cl2N3O3S/c1-22(11-12-3-2-4-15(18)17(12)19)10-9-16(23)21-13-5-7-14(8-6-13)26(20,24)25/h2-8H,9-11H2,1H3,(H,21,23)(H2,20,24,25). The molecule has 2 rings (SSSR count). The minimum absolute atomic E-state index is 0.00590. The van der Waals surface area contributed by atoms with E-state index >= 15 is 0 Å². The lowest BCUT2D eigenvalue weighted by Gasteiger charge is -2.17. The minimum atomic E-state index is -3.75. The summed E-state index contributed by atoms with van der Waals surface area (Å²) in [6, 6.07) is 11.1. The molecule has 1 amide bonds. The van der Waals surface area contributed by atoms with Crippen LogP contribution in [0.3, 0.4) is 0 Å². The fraction of sp³-hybridized carbons (Fsp3) is 0.235. The van der Waals surface area contributed by atoms with Gasteiger partial charge in [-0.25, -0.2) is 13.6 Å². The number of amides is 1. The molecule has 26 heavy (non-hydrogen) atoms. The Balaban J connectivity index is 1.85. The summed E-state index contributed by atoms with van der Waals surface area (Å²) in [7, 11) is -1.87. The van der Waals surface area contributed by atoms with Gasteiger partial charge in [-0.2, -0.15) is 0 Å². The fourth-order valence-corrected chi connectivity index (χ4v) is 3.18. The number of hydrogen-bond acceptors (Lipinski definition) is 4. The van der Waals surface area contributed by atoms with Gasteiger partial charge in [0.2, 0.25) is 15.9 Å². The maximum absolute atomic E-state index is 12.0. The molecule has 0 aliphatic rings. The molecule has 0 bridgehead atoms. The Morgan fingerprint density at radius 1 is 1.15 bits per heavy atom. The van der Waals surface area contributed by atoms with Crippen LogP contribution < -0.4 is 10.5 Å². The summed E-state index contributed by atoms with van der Waals surface area (Å²) in [6.07, 6.45) is 0.269. The first-order valence-corrected chi connectivity index (χ1v) is 10.0. The first-order valence-electron chi connectivity index (χ1n) is 7.71. The van der Waals surface area contributed by atoms with Gasteiger partial charge in [0.05, 0.1) is 14.9 Å². The quantitative estimate of drug-likeness (QED) is 0.726. The molecule has 0 fully saturated rings. The van der Waals surface area contributed by atoms with Crippen molar-refractivity contribution >= 4 is 44.8 Å². The SMILES string of the molecule is CN(CCC(=O)Nc1ccc(S(N)(=O)=O)cc1)Cc1cccc(Cl)c1Cl. The highest BCUT2D eigenvalue weighted by Crippen LogP contribution is 2.26. The number of carbonyl (C=O) groups is 1. The summed E-state index contributed by atoms with van der Waals surface area (Å²) in [4.78, 5) is 14.0. The predicted molar refractivity (Wildman–Crippen MR) is 104 cm³/mol. The van der Waals surface area contributed by atoms with E-state index in [-0.39, 0.29) is 17.2 Å². The van der Waals surface area contributed by atoms with Crippen molar-refractivity contribution in [1.82, 2.24) is 4.90 Å². The third kappa shape index (κ3) is 5.96. The molecule has 9 heteroatoms. The third-order valence-electron chi connectivity index (χ3n) is 3.66. The molecule has 0 spiro atoms. The molecule has 2 aromatic carbocycles. The molecule has 0 atom stereocenters. The maximum Gasteiger partial charge on any atom is 0.238 e.